The molecule has 0 aliphatic carbocycles. The van der Waals surface area contributed by atoms with E-state index in [9.17, 15) is 8.42 Å². The summed E-state index contributed by atoms with van der Waals surface area (Å²) >= 11 is 0. The van der Waals surface area contributed by atoms with Crippen molar-refractivity contribution in [2.75, 3.05) is 0 Å². The summed E-state index contributed by atoms with van der Waals surface area (Å²) in [6.45, 7) is 0. The first-order valence-electron chi connectivity index (χ1n) is 6.22. The molecule has 100 valence electrons. The predicted molar refractivity (Wildman–Crippen MR) is 76.3 cm³/mol. The maximum Gasteiger partial charge on any atom is 0.238 e. The van der Waals surface area contributed by atoms with Gasteiger partial charge in [-0.25, -0.2) is 13.6 Å². The minimum Gasteiger partial charge on any atom is -0.225 e. The van der Waals surface area contributed by atoms with E-state index in [1.807, 2.05) is 30.3 Å². The van der Waals surface area contributed by atoms with E-state index in [0.717, 1.165) is 18.4 Å². The molecule has 0 amide bonds. The van der Waals surface area contributed by atoms with Gasteiger partial charge >= 0.3 is 0 Å². The van der Waals surface area contributed by atoms with E-state index in [4.69, 9.17) is 5.14 Å². The number of rotatable bonds is 5. The number of hydrogen-bond donors (Lipinski definition) is 1. The van der Waals surface area contributed by atoms with Crippen molar-refractivity contribution in [2.24, 2.45) is 5.14 Å². The zero-order valence-corrected chi connectivity index (χ0v) is 11.4. The van der Waals surface area contributed by atoms with Gasteiger partial charge in [-0.3, -0.25) is 0 Å². The molecule has 0 saturated heterocycles. The Kier molecular flexibility index (Phi) is 4.35. The molecule has 2 aromatic carbocycles. The first kappa shape index (κ1) is 13.8. The average Bonchev–Trinajstić information content (AvgIpc) is 2.39. The molecule has 0 fully saturated rings. The fourth-order valence-electron chi connectivity index (χ4n) is 2.12. The van der Waals surface area contributed by atoms with Crippen molar-refractivity contribution in [2.45, 2.75) is 24.2 Å². The van der Waals surface area contributed by atoms with E-state index in [-0.39, 0.29) is 4.90 Å². The quantitative estimate of drug-likeness (QED) is 0.911. The lowest BCUT2D eigenvalue weighted by Gasteiger charge is -2.07. The summed E-state index contributed by atoms with van der Waals surface area (Å²) in [4.78, 5) is 0.239. The van der Waals surface area contributed by atoms with Crippen molar-refractivity contribution in [3.8, 4) is 0 Å². The van der Waals surface area contributed by atoms with Gasteiger partial charge in [0.2, 0.25) is 10.0 Å². The molecule has 0 aliphatic rings. The molecule has 0 saturated carbocycles. The summed E-state index contributed by atoms with van der Waals surface area (Å²) < 4.78 is 22.9. The number of nitrogens with two attached hydrogens (primary N) is 1. The van der Waals surface area contributed by atoms with Crippen molar-refractivity contribution in [3.63, 3.8) is 0 Å². The van der Waals surface area contributed by atoms with E-state index < -0.39 is 10.0 Å². The van der Waals surface area contributed by atoms with Crippen LogP contribution in [0, 0.1) is 0 Å². The molecule has 0 aromatic heterocycles. The number of primary sulfonamides is 1. The summed E-state index contributed by atoms with van der Waals surface area (Å²) in [6, 6.07) is 17.1. The van der Waals surface area contributed by atoms with Crippen molar-refractivity contribution in [1.29, 1.82) is 0 Å². The molecule has 0 unspecified atom stereocenters. The van der Waals surface area contributed by atoms with Crippen LogP contribution in [-0.4, -0.2) is 8.42 Å². The average molecular weight is 275 g/mol. The van der Waals surface area contributed by atoms with Crippen LogP contribution in [0.3, 0.4) is 0 Å². The fourth-order valence-corrected chi connectivity index (χ4v) is 2.92. The molecule has 0 bridgehead atoms. The smallest absolute Gasteiger partial charge is 0.225 e. The van der Waals surface area contributed by atoms with Gasteiger partial charge in [0.15, 0.2) is 0 Å². The minimum atomic E-state index is -3.63. The van der Waals surface area contributed by atoms with Gasteiger partial charge in [-0.05, 0) is 36.5 Å². The van der Waals surface area contributed by atoms with Crippen molar-refractivity contribution in [1.82, 2.24) is 0 Å². The summed E-state index contributed by atoms with van der Waals surface area (Å²) in [5, 5.41) is 5.21. The third-order valence-corrected chi connectivity index (χ3v) is 4.04. The Hall–Kier alpha value is -1.65. The van der Waals surface area contributed by atoms with E-state index in [0.29, 0.717) is 6.42 Å². The standard InChI is InChI=1S/C15H17NO2S/c16-19(17,18)15-12-5-4-10-14(15)11-6-9-13-7-2-1-3-8-13/h1-5,7-8,10,12H,6,9,11H2,(H2,16,17,18). The minimum absolute atomic E-state index is 0.239. The van der Waals surface area contributed by atoms with E-state index >= 15 is 0 Å². The molecule has 0 spiro atoms. The third kappa shape index (κ3) is 3.91. The maximum absolute atomic E-state index is 11.5. The Morgan fingerprint density at radius 2 is 1.47 bits per heavy atom. The molecular weight excluding hydrogens is 258 g/mol. The highest BCUT2D eigenvalue weighted by Gasteiger charge is 2.12. The predicted octanol–water partition coefficient (Wildman–Crippen LogP) is 2.51. The zero-order valence-electron chi connectivity index (χ0n) is 10.6. The lowest BCUT2D eigenvalue weighted by Crippen LogP contribution is -2.14. The summed E-state index contributed by atoms with van der Waals surface area (Å²) in [7, 11) is -3.63. The first-order chi connectivity index (χ1) is 9.07. The van der Waals surface area contributed by atoms with Crippen LogP contribution in [-0.2, 0) is 22.9 Å². The summed E-state index contributed by atoms with van der Waals surface area (Å²) in [5.74, 6) is 0. The van der Waals surface area contributed by atoms with Gasteiger partial charge in [0.05, 0.1) is 4.90 Å². The lowest BCUT2D eigenvalue weighted by molar-refractivity contribution is 0.596. The van der Waals surface area contributed by atoms with Crippen LogP contribution in [0.5, 0.6) is 0 Å². The van der Waals surface area contributed by atoms with Crippen LogP contribution >= 0.6 is 0 Å². The van der Waals surface area contributed by atoms with Gasteiger partial charge in [-0.1, -0.05) is 48.5 Å². The SMILES string of the molecule is NS(=O)(=O)c1ccccc1CCCc1ccccc1. The number of aryl methyl sites for hydroxylation is 2. The molecular formula is C15H17NO2S. The van der Waals surface area contributed by atoms with Crippen LogP contribution in [0.1, 0.15) is 17.5 Å². The molecule has 2 aromatic rings. The molecule has 19 heavy (non-hydrogen) atoms. The lowest BCUT2D eigenvalue weighted by atomic mass is 10.0. The van der Waals surface area contributed by atoms with Gasteiger partial charge in [-0.2, -0.15) is 0 Å². The van der Waals surface area contributed by atoms with Crippen LogP contribution in [0.15, 0.2) is 59.5 Å². The van der Waals surface area contributed by atoms with E-state index in [1.54, 1.807) is 12.1 Å². The molecule has 3 nitrogen and oxygen atoms in total. The van der Waals surface area contributed by atoms with E-state index in [1.165, 1.54) is 5.56 Å². The Bertz CT molecular complexity index is 636. The topological polar surface area (TPSA) is 60.2 Å². The fraction of sp³-hybridized carbons (Fsp3) is 0.200. The van der Waals surface area contributed by atoms with Crippen molar-refractivity contribution >= 4 is 10.0 Å². The highest BCUT2D eigenvalue weighted by molar-refractivity contribution is 7.89. The molecule has 2 rings (SSSR count). The largest absolute Gasteiger partial charge is 0.238 e. The van der Waals surface area contributed by atoms with Crippen LogP contribution in [0.2, 0.25) is 0 Å². The molecule has 0 atom stereocenters. The molecule has 0 heterocycles. The normalized spacial score (nSPS) is 11.4. The molecule has 2 N–H and O–H groups in total. The summed E-state index contributed by atoms with van der Waals surface area (Å²) in [5.41, 5.74) is 2.05. The molecule has 0 aliphatic heterocycles. The Morgan fingerprint density at radius 3 is 2.16 bits per heavy atom. The van der Waals surface area contributed by atoms with E-state index in [2.05, 4.69) is 12.1 Å². The number of benzene rings is 2. The highest BCUT2D eigenvalue weighted by atomic mass is 32.2. The van der Waals surface area contributed by atoms with Gasteiger partial charge < -0.3 is 0 Å². The van der Waals surface area contributed by atoms with Crippen LogP contribution < -0.4 is 5.14 Å². The number of hydrogen-bond acceptors (Lipinski definition) is 2. The summed E-state index contributed by atoms with van der Waals surface area (Å²) in [6.07, 6.45) is 2.54. The van der Waals surface area contributed by atoms with Gasteiger partial charge in [0.25, 0.3) is 0 Å². The molecule has 4 heteroatoms. The zero-order chi connectivity index (χ0) is 13.7. The van der Waals surface area contributed by atoms with Crippen LogP contribution in [0.25, 0.3) is 0 Å². The van der Waals surface area contributed by atoms with Crippen molar-refractivity contribution in [3.05, 3.63) is 65.7 Å². The highest BCUT2D eigenvalue weighted by Crippen LogP contribution is 2.16. The van der Waals surface area contributed by atoms with Gasteiger partial charge in [0.1, 0.15) is 0 Å². The monoisotopic (exact) mass is 275 g/mol. The van der Waals surface area contributed by atoms with Gasteiger partial charge in [-0.15, -0.1) is 0 Å². The second kappa shape index (κ2) is 5.99. The third-order valence-electron chi connectivity index (χ3n) is 3.03. The Labute approximate surface area is 114 Å². The Balaban J connectivity index is 2.05. The molecule has 0 radical (unpaired) electrons. The number of sulfonamides is 1. The van der Waals surface area contributed by atoms with Crippen molar-refractivity contribution < 1.29 is 8.42 Å². The Morgan fingerprint density at radius 1 is 0.842 bits per heavy atom. The maximum atomic E-state index is 11.5. The second-order valence-corrected chi connectivity index (χ2v) is 6.02. The second-order valence-electron chi connectivity index (χ2n) is 4.49. The van der Waals surface area contributed by atoms with Crippen LogP contribution in [0.4, 0.5) is 0 Å². The van der Waals surface area contributed by atoms with Gasteiger partial charge in [0, 0.05) is 0 Å². The first-order valence-corrected chi connectivity index (χ1v) is 7.76.